The van der Waals surface area contributed by atoms with E-state index in [1.807, 2.05) is 30.3 Å². The van der Waals surface area contributed by atoms with E-state index in [1.54, 1.807) is 0 Å². The van der Waals surface area contributed by atoms with Crippen LogP contribution in [-0.2, 0) is 9.53 Å². The predicted octanol–water partition coefficient (Wildman–Crippen LogP) is 0.574. The maximum absolute atomic E-state index is 11.7. The minimum Gasteiger partial charge on any atom is -0.466 e. The van der Waals surface area contributed by atoms with Crippen LogP contribution in [-0.4, -0.2) is 33.3 Å². The van der Waals surface area contributed by atoms with Crippen molar-refractivity contribution >= 4 is 11.9 Å². The zero-order chi connectivity index (χ0) is 13.8. The fourth-order valence-corrected chi connectivity index (χ4v) is 1.75. The molecule has 98 valence electrons. The molecule has 19 heavy (non-hydrogen) atoms. The summed E-state index contributed by atoms with van der Waals surface area (Å²) in [6, 6.07) is 8.62. The Morgan fingerprint density at radius 1 is 1.42 bits per heavy atom. The maximum Gasteiger partial charge on any atom is 0.335 e. The highest BCUT2D eigenvalue weighted by Crippen LogP contribution is 2.26. The van der Waals surface area contributed by atoms with E-state index < -0.39 is 12.0 Å². The fourth-order valence-electron chi connectivity index (χ4n) is 1.75. The number of carbonyl (C=O) groups excluding carboxylic acids is 1. The van der Waals surface area contributed by atoms with E-state index in [2.05, 4.69) is 22.1 Å². The van der Waals surface area contributed by atoms with Gasteiger partial charge in [-0.15, -0.1) is 0 Å². The molecule has 0 fully saturated rings. The number of anilines is 1. The number of carbonyl (C=O) groups is 1. The molecule has 2 aromatic rings. The molecule has 0 spiro atoms. The molecule has 1 aromatic carbocycles. The number of benzene rings is 1. The van der Waals surface area contributed by atoms with Crippen LogP contribution in [0.3, 0.4) is 0 Å². The number of nitrogens with zero attached hydrogens (tertiary/aromatic N) is 4. The molecular formula is C12H13N5O2. The first-order valence-electron chi connectivity index (χ1n) is 5.50. The Labute approximate surface area is 109 Å². The normalized spacial score (nSPS) is 11.8. The number of hydrogen-bond acceptors (Lipinski definition) is 6. The lowest BCUT2D eigenvalue weighted by molar-refractivity contribution is -0.136. The van der Waals surface area contributed by atoms with Gasteiger partial charge in [0, 0.05) is 0 Å². The van der Waals surface area contributed by atoms with Crippen LogP contribution < -0.4 is 5.73 Å². The van der Waals surface area contributed by atoms with Crippen LogP contribution in [0.1, 0.15) is 11.6 Å². The van der Waals surface area contributed by atoms with Crippen LogP contribution in [0.4, 0.5) is 5.95 Å². The van der Waals surface area contributed by atoms with Gasteiger partial charge in [0.1, 0.15) is 6.04 Å². The molecule has 1 aromatic heterocycles. The summed E-state index contributed by atoms with van der Waals surface area (Å²) in [4.78, 5) is 11.7. The number of methoxy groups -OCH3 is 1. The van der Waals surface area contributed by atoms with Gasteiger partial charge >= 0.3 is 5.97 Å². The molecular weight excluding hydrogens is 246 g/mol. The van der Waals surface area contributed by atoms with Crippen LogP contribution in [0.5, 0.6) is 0 Å². The van der Waals surface area contributed by atoms with Gasteiger partial charge in [0.25, 0.3) is 0 Å². The topological polar surface area (TPSA) is 95.9 Å². The van der Waals surface area contributed by atoms with Crippen molar-refractivity contribution in [2.75, 3.05) is 12.8 Å². The van der Waals surface area contributed by atoms with Crippen molar-refractivity contribution in [1.82, 2.24) is 20.2 Å². The van der Waals surface area contributed by atoms with Crippen molar-refractivity contribution in [3.8, 4) is 0 Å². The van der Waals surface area contributed by atoms with E-state index in [0.29, 0.717) is 0 Å². The van der Waals surface area contributed by atoms with Gasteiger partial charge in [-0.2, -0.15) is 4.68 Å². The number of esters is 1. The summed E-state index contributed by atoms with van der Waals surface area (Å²) in [6.45, 7) is 3.75. The second kappa shape index (κ2) is 5.30. The summed E-state index contributed by atoms with van der Waals surface area (Å²) in [5, 5.41) is 10.9. The largest absolute Gasteiger partial charge is 0.466 e. The summed E-state index contributed by atoms with van der Waals surface area (Å²) in [6.07, 6.45) is 0. The van der Waals surface area contributed by atoms with Gasteiger partial charge in [0.2, 0.25) is 5.95 Å². The Morgan fingerprint density at radius 3 is 2.63 bits per heavy atom. The molecule has 0 aliphatic carbocycles. The molecule has 0 radical (unpaired) electrons. The summed E-state index contributed by atoms with van der Waals surface area (Å²) in [5.41, 5.74) is 6.68. The number of ether oxygens (including phenoxy) is 1. The lowest BCUT2D eigenvalue weighted by Gasteiger charge is -2.18. The lowest BCUT2D eigenvalue weighted by Crippen LogP contribution is -2.21. The van der Waals surface area contributed by atoms with Crippen molar-refractivity contribution in [1.29, 1.82) is 0 Å². The van der Waals surface area contributed by atoms with Crippen LogP contribution in [0.2, 0.25) is 0 Å². The predicted molar refractivity (Wildman–Crippen MR) is 68.0 cm³/mol. The van der Waals surface area contributed by atoms with Crippen molar-refractivity contribution in [2.24, 2.45) is 0 Å². The first-order valence-corrected chi connectivity index (χ1v) is 5.50. The third kappa shape index (κ3) is 2.44. The number of tetrazole rings is 1. The van der Waals surface area contributed by atoms with Gasteiger partial charge in [-0.3, -0.25) is 0 Å². The molecule has 0 saturated carbocycles. The van der Waals surface area contributed by atoms with Gasteiger partial charge in [0.15, 0.2) is 0 Å². The van der Waals surface area contributed by atoms with Crippen molar-refractivity contribution < 1.29 is 9.53 Å². The average Bonchev–Trinajstić information content (AvgIpc) is 2.85. The van der Waals surface area contributed by atoms with Gasteiger partial charge in [-0.05, 0) is 16.0 Å². The molecule has 1 atom stereocenters. The minimum absolute atomic E-state index is 0.0962. The molecule has 0 aliphatic rings. The molecule has 0 saturated heterocycles. The Kier molecular flexibility index (Phi) is 3.56. The molecule has 1 heterocycles. The van der Waals surface area contributed by atoms with Crippen LogP contribution in [0.15, 0.2) is 42.5 Å². The first kappa shape index (κ1) is 12.7. The van der Waals surface area contributed by atoms with E-state index in [9.17, 15) is 4.79 Å². The monoisotopic (exact) mass is 259 g/mol. The molecule has 2 N–H and O–H groups in total. The Balaban J connectivity index is 2.49. The van der Waals surface area contributed by atoms with Crippen molar-refractivity contribution in [2.45, 2.75) is 6.04 Å². The third-order valence-corrected chi connectivity index (χ3v) is 2.66. The van der Waals surface area contributed by atoms with Gasteiger partial charge in [-0.1, -0.05) is 42.0 Å². The first-order chi connectivity index (χ1) is 9.15. The summed E-state index contributed by atoms with van der Waals surface area (Å²) in [7, 11) is 1.29. The zero-order valence-corrected chi connectivity index (χ0v) is 10.4. The number of nitrogens with two attached hydrogens (primary N) is 1. The SMILES string of the molecule is C=C(C(=O)OC)C(c1ccccc1)n1nnnc1N. The smallest absolute Gasteiger partial charge is 0.335 e. The number of rotatable bonds is 4. The number of hydrogen-bond donors (Lipinski definition) is 1. The van der Waals surface area contributed by atoms with E-state index in [4.69, 9.17) is 10.5 Å². The molecule has 2 rings (SSSR count). The second-order valence-corrected chi connectivity index (χ2v) is 3.81. The number of aromatic nitrogens is 4. The standard InChI is InChI=1S/C12H13N5O2/c1-8(11(18)19-2)10(9-6-4-3-5-7-9)17-12(13)14-15-16-17/h3-7,10H,1H2,2H3,(H2,13,14,16). The van der Waals surface area contributed by atoms with Crippen LogP contribution in [0.25, 0.3) is 0 Å². The summed E-state index contributed by atoms with van der Waals surface area (Å²) < 4.78 is 6.02. The van der Waals surface area contributed by atoms with E-state index in [0.717, 1.165) is 5.56 Å². The minimum atomic E-state index is -0.594. The Bertz CT molecular complexity index is 593. The van der Waals surface area contributed by atoms with E-state index in [1.165, 1.54) is 11.8 Å². The van der Waals surface area contributed by atoms with Crippen LogP contribution >= 0.6 is 0 Å². The Hall–Kier alpha value is -2.70. The molecule has 7 heteroatoms. The van der Waals surface area contributed by atoms with Crippen molar-refractivity contribution in [3.63, 3.8) is 0 Å². The van der Waals surface area contributed by atoms with Gasteiger partial charge in [-0.25, -0.2) is 4.79 Å². The summed E-state index contributed by atoms with van der Waals surface area (Å²) in [5.74, 6) is -0.442. The highest BCUT2D eigenvalue weighted by molar-refractivity contribution is 5.89. The maximum atomic E-state index is 11.7. The average molecular weight is 259 g/mol. The highest BCUT2D eigenvalue weighted by atomic mass is 16.5. The van der Waals surface area contributed by atoms with Crippen LogP contribution in [0, 0.1) is 0 Å². The molecule has 0 bridgehead atoms. The van der Waals surface area contributed by atoms with Crippen molar-refractivity contribution in [3.05, 3.63) is 48.0 Å². The molecule has 7 nitrogen and oxygen atoms in total. The second-order valence-electron chi connectivity index (χ2n) is 3.81. The summed E-state index contributed by atoms with van der Waals surface area (Å²) >= 11 is 0. The molecule has 1 unspecified atom stereocenters. The quantitative estimate of drug-likeness (QED) is 0.637. The molecule has 0 aliphatic heterocycles. The Morgan fingerprint density at radius 2 is 2.11 bits per heavy atom. The van der Waals surface area contributed by atoms with E-state index >= 15 is 0 Å². The number of nitrogen functional groups attached to an aromatic ring is 1. The van der Waals surface area contributed by atoms with E-state index in [-0.39, 0.29) is 11.5 Å². The fraction of sp³-hybridized carbons (Fsp3) is 0.167. The van der Waals surface area contributed by atoms with Gasteiger partial charge < -0.3 is 10.5 Å². The molecule has 0 amide bonds. The third-order valence-electron chi connectivity index (χ3n) is 2.66. The zero-order valence-electron chi connectivity index (χ0n) is 10.4. The highest BCUT2D eigenvalue weighted by Gasteiger charge is 2.26. The van der Waals surface area contributed by atoms with Gasteiger partial charge in [0.05, 0.1) is 12.7 Å². The lowest BCUT2D eigenvalue weighted by atomic mass is 10.00.